The Bertz CT molecular complexity index is 941. The smallest absolute Gasteiger partial charge is 0.235 e. The first-order chi connectivity index (χ1) is 13.6. The maximum atomic E-state index is 12.4. The zero-order valence-corrected chi connectivity index (χ0v) is 18.9. The quantitative estimate of drug-likeness (QED) is 0.737. The third kappa shape index (κ3) is 5.49. The number of nitrogens with one attached hydrogen (secondary N) is 1. The molecule has 2 heterocycles. The Kier molecular flexibility index (Phi) is 6.55. The van der Waals surface area contributed by atoms with E-state index in [1.165, 1.54) is 7.11 Å². The average molecular weight is 424 g/mol. The predicted molar refractivity (Wildman–Crippen MR) is 116 cm³/mol. The number of aromatic nitrogens is 2. The van der Waals surface area contributed by atoms with E-state index in [2.05, 4.69) is 30.1 Å². The van der Waals surface area contributed by atoms with Crippen LogP contribution in [-0.4, -0.2) is 50.1 Å². The van der Waals surface area contributed by atoms with Crippen LogP contribution < -0.4 is 4.72 Å². The van der Waals surface area contributed by atoms with Crippen LogP contribution in [0.15, 0.2) is 18.2 Å². The van der Waals surface area contributed by atoms with E-state index in [-0.39, 0.29) is 17.3 Å². The molecule has 1 aliphatic heterocycles. The van der Waals surface area contributed by atoms with Crippen LogP contribution >= 0.6 is 0 Å². The molecule has 1 fully saturated rings. The van der Waals surface area contributed by atoms with Crippen LogP contribution in [0.25, 0.3) is 11.0 Å². The Morgan fingerprint density at radius 1 is 1.31 bits per heavy atom. The number of rotatable bonds is 7. The Labute approximate surface area is 173 Å². The van der Waals surface area contributed by atoms with Gasteiger partial charge in [-0.25, -0.2) is 13.4 Å². The Morgan fingerprint density at radius 2 is 2.00 bits per heavy atom. The number of nitrogens with zero attached hydrogens (tertiary/aromatic N) is 2. The van der Waals surface area contributed by atoms with E-state index in [0.29, 0.717) is 11.6 Å². The fourth-order valence-electron chi connectivity index (χ4n) is 3.74. The SMILES string of the molecule is COC(C)CS(=O)(=O)Nc1ccc2c(c1)nc(C(C)(C)C)n2CC1CCOCC1. The van der Waals surface area contributed by atoms with Crippen LogP contribution in [-0.2, 0) is 31.5 Å². The third-order valence-corrected chi connectivity index (χ3v) is 6.79. The van der Waals surface area contributed by atoms with Gasteiger partial charge in [0.25, 0.3) is 0 Å². The fraction of sp³-hybridized carbons (Fsp3) is 0.667. The van der Waals surface area contributed by atoms with Gasteiger partial charge in [0.05, 0.1) is 28.6 Å². The van der Waals surface area contributed by atoms with Crippen LogP contribution in [0.3, 0.4) is 0 Å². The highest BCUT2D eigenvalue weighted by Crippen LogP contribution is 2.30. The summed E-state index contributed by atoms with van der Waals surface area (Å²) in [7, 11) is -1.99. The van der Waals surface area contributed by atoms with Crippen molar-refractivity contribution in [2.45, 2.75) is 58.6 Å². The molecule has 0 bridgehead atoms. The maximum absolute atomic E-state index is 12.4. The summed E-state index contributed by atoms with van der Waals surface area (Å²) in [6, 6.07) is 5.60. The molecule has 0 spiro atoms. The van der Waals surface area contributed by atoms with Crippen LogP contribution in [0.1, 0.15) is 46.4 Å². The first kappa shape index (κ1) is 22.1. The number of imidazole rings is 1. The highest BCUT2D eigenvalue weighted by atomic mass is 32.2. The van der Waals surface area contributed by atoms with Gasteiger partial charge in [-0.2, -0.15) is 0 Å². The van der Waals surface area contributed by atoms with Crippen molar-refractivity contribution in [2.24, 2.45) is 5.92 Å². The normalized spacial score (nSPS) is 17.6. The van der Waals surface area contributed by atoms with Crippen molar-refractivity contribution in [1.29, 1.82) is 0 Å². The second-order valence-corrected chi connectivity index (χ2v) is 10.8. The molecule has 1 unspecified atom stereocenters. The van der Waals surface area contributed by atoms with Crippen molar-refractivity contribution < 1.29 is 17.9 Å². The van der Waals surface area contributed by atoms with E-state index in [4.69, 9.17) is 14.5 Å². The van der Waals surface area contributed by atoms with Crippen molar-refractivity contribution in [3.05, 3.63) is 24.0 Å². The predicted octanol–water partition coefficient (Wildman–Crippen LogP) is 3.54. The van der Waals surface area contributed by atoms with Gasteiger partial charge in [0.15, 0.2) is 0 Å². The Hall–Kier alpha value is -1.64. The maximum Gasteiger partial charge on any atom is 0.235 e. The topological polar surface area (TPSA) is 82.5 Å². The van der Waals surface area contributed by atoms with Crippen LogP contribution in [0.2, 0.25) is 0 Å². The lowest BCUT2D eigenvalue weighted by Crippen LogP contribution is -2.25. The van der Waals surface area contributed by atoms with E-state index >= 15 is 0 Å². The van der Waals surface area contributed by atoms with Gasteiger partial charge in [-0.1, -0.05) is 20.8 Å². The first-order valence-electron chi connectivity index (χ1n) is 10.2. The lowest BCUT2D eigenvalue weighted by molar-refractivity contribution is 0.0611. The molecule has 3 rings (SSSR count). The average Bonchev–Trinajstić information content (AvgIpc) is 2.99. The standard InChI is InChI=1S/C21H33N3O4S/c1-15(27-5)14-29(25,26)23-17-6-7-19-18(12-17)22-20(21(2,3)4)24(19)13-16-8-10-28-11-9-16/h6-7,12,15-16,23H,8-11,13-14H2,1-5H3. The second kappa shape index (κ2) is 8.62. The number of sulfonamides is 1. The minimum Gasteiger partial charge on any atom is -0.381 e. The number of hydrogen-bond acceptors (Lipinski definition) is 5. The number of benzene rings is 1. The van der Waals surface area contributed by atoms with E-state index < -0.39 is 10.0 Å². The molecule has 0 amide bonds. The molecule has 2 aromatic rings. The van der Waals surface area contributed by atoms with Gasteiger partial charge in [0.1, 0.15) is 5.82 Å². The number of anilines is 1. The van der Waals surface area contributed by atoms with Crippen LogP contribution in [0.4, 0.5) is 5.69 Å². The second-order valence-electron chi connectivity index (χ2n) is 8.99. The lowest BCUT2D eigenvalue weighted by atomic mass is 9.94. The highest BCUT2D eigenvalue weighted by molar-refractivity contribution is 7.92. The molecule has 162 valence electrons. The summed E-state index contributed by atoms with van der Waals surface area (Å²) < 4.78 is 40.3. The minimum absolute atomic E-state index is 0.0903. The van der Waals surface area contributed by atoms with Gasteiger partial charge >= 0.3 is 0 Å². The van der Waals surface area contributed by atoms with E-state index in [1.807, 2.05) is 18.2 Å². The molecule has 0 aliphatic carbocycles. The largest absolute Gasteiger partial charge is 0.381 e. The third-order valence-electron chi connectivity index (χ3n) is 5.33. The summed E-state index contributed by atoms with van der Waals surface area (Å²) in [6.45, 7) is 10.7. The van der Waals surface area contributed by atoms with Gasteiger partial charge in [0, 0.05) is 32.3 Å². The molecular formula is C21H33N3O4S. The van der Waals surface area contributed by atoms with E-state index in [9.17, 15) is 8.42 Å². The summed E-state index contributed by atoms with van der Waals surface area (Å²) in [5, 5.41) is 0. The number of hydrogen-bond donors (Lipinski definition) is 1. The Balaban J connectivity index is 1.92. The minimum atomic E-state index is -3.49. The van der Waals surface area contributed by atoms with Crippen LogP contribution in [0.5, 0.6) is 0 Å². The molecular weight excluding hydrogens is 390 g/mol. The molecule has 1 saturated heterocycles. The summed E-state index contributed by atoms with van der Waals surface area (Å²) in [6.07, 6.45) is 1.74. The number of ether oxygens (including phenoxy) is 2. The Morgan fingerprint density at radius 3 is 2.62 bits per heavy atom. The summed E-state index contributed by atoms with van der Waals surface area (Å²) in [4.78, 5) is 4.89. The van der Waals surface area contributed by atoms with Gasteiger partial charge in [-0.3, -0.25) is 4.72 Å². The van der Waals surface area contributed by atoms with Crippen molar-refractivity contribution in [1.82, 2.24) is 9.55 Å². The number of fused-ring (bicyclic) bond motifs is 1. The zero-order valence-electron chi connectivity index (χ0n) is 18.1. The van der Waals surface area contributed by atoms with Gasteiger partial charge < -0.3 is 14.0 Å². The fourth-order valence-corrected chi connectivity index (χ4v) is 5.06. The molecule has 1 aliphatic rings. The van der Waals surface area contributed by atoms with Crippen molar-refractivity contribution in [3.8, 4) is 0 Å². The zero-order chi connectivity index (χ0) is 21.2. The lowest BCUT2D eigenvalue weighted by Gasteiger charge is -2.26. The van der Waals surface area contributed by atoms with E-state index in [0.717, 1.165) is 49.5 Å². The molecule has 1 atom stereocenters. The van der Waals surface area contributed by atoms with Gasteiger partial charge in [-0.05, 0) is 43.9 Å². The molecule has 1 N–H and O–H groups in total. The number of methoxy groups -OCH3 is 1. The first-order valence-corrected chi connectivity index (χ1v) is 11.9. The van der Waals surface area contributed by atoms with Crippen molar-refractivity contribution in [2.75, 3.05) is 30.8 Å². The molecule has 1 aromatic heterocycles. The molecule has 1 aromatic carbocycles. The van der Waals surface area contributed by atoms with Crippen LogP contribution in [0, 0.1) is 5.92 Å². The molecule has 0 saturated carbocycles. The molecule has 29 heavy (non-hydrogen) atoms. The van der Waals surface area contributed by atoms with E-state index in [1.54, 1.807) is 6.92 Å². The van der Waals surface area contributed by atoms with Crippen molar-refractivity contribution >= 4 is 26.7 Å². The molecule has 8 heteroatoms. The summed E-state index contributed by atoms with van der Waals surface area (Å²) >= 11 is 0. The highest BCUT2D eigenvalue weighted by Gasteiger charge is 2.26. The molecule has 7 nitrogen and oxygen atoms in total. The van der Waals surface area contributed by atoms with Gasteiger partial charge in [-0.15, -0.1) is 0 Å². The van der Waals surface area contributed by atoms with Gasteiger partial charge in [0.2, 0.25) is 10.0 Å². The summed E-state index contributed by atoms with van der Waals surface area (Å²) in [5.74, 6) is 1.50. The molecule has 0 radical (unpaired) electrons. The van der Waals surface area contributed by atoms with Crippen molar-refractivity contribution in [3.63, 3.8) is 0 Å². The summed E-state index contributed by atoms with van der Waals surface area (Å²) in [5.41, 5.74) is 2.26. The monoisotopic (exact) mass is 423 g/mol.